The van der Waals surface area contributed by atoms with Crippen molar-refractivity contribution in [3.63, 3.8) is 0 Å². The molecule has 0 atom stereocenters. The Balaban J connectivity index is 2.39. The number of nitrogens with zero attached hydrogens (tertiary/aromatic N) is 1. The molecular weight excluding hydrogens is 305 g/mol. The summed E-state index contributed by atoms with van der Waals surface area (Å²) in [5, 5.41) is 0. The van der Waals surface area contributed by atoms with E-state index >= 15 is 0 Å². The summed E-state index contributed by atoms with van der Waals surface area (Å²) in [5.41, 5.74) is 0.527. The van der Waals surface area contributed by atoms with Gasteiger partial charge in [0.1, 0.15) is 5.75 Å². The second-order valence-electron chi connectivity index (χ2n) is 7.06. The Labute approximate surface area is 145 Å². The van der Waals surface area contributed by atoms with E-state index in [9.17, 15) is 4.79 Å². The predicted octanol–water partition coefficient (Wildman–Crippen LogP) is 2.48. The van der Waals surface area contributed by atoms with Crippen molar-refractivity contribution in [1.29, 1.82) is 0 Å². The minimum absolute atomic E-state index is 0.0170. The molecule has 1 aromatic rings. The number of ether oxygens (including phenoxy) is 1. The van der Waals surface area contributed by atoms with Crippen molar-refractivity contribution < 1.29 is 18.8 Å². The van der Waals surface area contributed by atoms with Gasteiger partial charge < -0.3 is 18.9 Å². The Bertz CT molecular complexity index is 595. The van der Waals surface area contributed by atoms with Gasteiger partial charge in [-0.15, -0.1) is 0 Å². The van der Waals surface area contributed by atoms with Crippen LogP contribution in [0.3, 0.4) is 0 Å². The van der Waals surface area contributed by atoms with E-state index in [0.717, 1.165) is 5.46 Å². The first-order chi connectivity index (χ1) is 11.1. The van der Waals surface area contributed by atoms with Crippen molar-refractivity contribution in [2.45, 2.75) is 52.7 Å². The van der Waals surface area contributed by atoms with Gasteiger partial charge in [-0.1, -0.05) is 0 Å². The molecule has 5 nitrogen and oxygen atoms in total. The smallest absolute Gasteiger partial charge is 0.494 e. The van der Waals surface area contributed by atoms with Gasteiger partial charge >= 0.3 is 7.12 Å². The molecule has 0 unspecified atom stereocenters. The van der Waals surface area contributed by atoms with Gasteiger partial charge in [-0.25, -0.2) is 0 Å². The van der Waals surface area contributed by atoms with Crippen LogP contribution >= 0.6 is 0 Å². The maximum absolute atomic E-state index is 12.7. The number of hydrogen-bond donors (Lipinski definition) is 0. The number of hydrogen-bond acceptors (Lipinski definition) is 4. The van der Waals surface area contributed by atoms with E-state index in [2.05, 4.69) is 0 Å². The highest BCUT2D eigenvalue weighted by Crippen LogP contribution is 2.36. The van der Waals surface area contributed by atoms with E-state index in [4.69, 9.17) is 14.0 Å². The number of methoxy groups -OCH3 is 1. The normalized spacial score (nSPS) is 18.5. The molecule has 0 bridgehead atoms. The van der Waals surface area contributed by atoms with Gasteiger partial charge in [-0.2, -0.15) is 0 Å². The van der Waals surface area contributed by atoms with Gasteiger partial charge in [0.25, 0.3) is 5.91 Å². The van der Waals surface area contributed by atoms with Crippen LogP contribution in [0.1, 0.15) is 51.9 Å². The van der Waals surface area contributed by atoms with Crippen molar-refractivity contribution in [1.82, 2.24) is 4.90 Å². The lowest BCUT2D eigenvalue weighted by Gasteiger charge is -2.32. The molecule has 0 aromatic heterocycles. The van der Waals surface area contributed by atoms with E-state index < -0.39 is 18.3 Å². The summed E-state index contributed by atoms with van der Waals surface area (Å²) >= 11 is 0. The first kappa shape index (κ1) is 18.8. The molecule has 6 heteroatoms. The monoisotopic (exact) mass is 333 g/mol. The van der Waals surface area contributed by atoms with Crippen LogP contribution in [0.2, 0.25) is 0 Å². The number of carbonyl (C=O) groups is 1. The predicted molar refractivity (Wildman–Crippen MR) is 96.0 cm³/mol. The zero-order valence-electron chi connectivity index (χ0n) is 15.8. The van der Waals surface area contributed by atoms with Crippen molar-refractivity contribution in [2.24, 2.45) is 0 Å². The Morgan fingerprint density at radius 1 is 1.08 bits per heavy atom. The summed E-state index contributed by atoms with van der Waals surface area (Å²) in [6.07, 6.45) is 0. The summed E-state index contributed by atoms with van der Waals surface area (Å²) in [5.74, 6) is 0.606. The largest absolute Gasteiger partial charge is 0.497 e. The van der Waals surface area contributed by atoms with Crippen LogP contribution in [0.15, 0.2) is 18.2 Å². The Kier molecular flexibility index (Phi) is 5.30. The van der Waals surface area contributed by atoms with Crippen molar-refractivity contribution in [2.75, 3.05) is 20.2 Å². The molecule has 2 rings (SSSR count). The van der Waals surface area contributed by atoms with Gasteiger partial charge in [0.05, 0.1) is 18.3 Å². The highest BCUT2D eigenvalue weighted by Gasteiger charge is 2.51. The highest BCUT2D eigenvalue weighted by atomic mass is 16.7. The van der Waals surface area contributed by atoms with Crippen molar-refractivity contribution in [3.8, 4) is 5.75 Å². The maximum atomic E-state index is 12.7. The van der Waals surface area contributed by atoms with E-state index in [1.165, 1.54) is 0 Å². The minimum atomic E-state index is -0.520. The van der Waals surface area contributed by atoms with Crippen LogP contribution in [0.25, 0.3) is 0 Å². The third-order valence-corrected chi connectivity index (χ3v) is 4.99. The third-order valence-electron chi connectivity index (χ3n) is 4.99. The molecule has 24 heavy (non-hydrogen) atoms. The average molecular weight is 333 g/mol. The minimum Gasteiger partial charge on any atom is -0.497 e. The molecular formula is C18H28BNO4. The Morgan fingerprint density at radius 2 is 1.62 bits per heavy atom. The van der Waals surface area contributed by atoms with Crippen LogP contribution in [0, 0.1) is 0 Å². The molecule has 1 heterocycles. The Morgan fingerprint density at radius 3 is 2.08 bits per heavy atom. The second-order valence-corrected chi connectivity index (χ2v) is 7.06. The molecule has 1 fully saturated rings. The van der Waals surface area contributed by atoms with Crippen LogP contribution in [-0.4, -0.2) is 49.3 Å². The lowest BCUT2D eigenvalue weighted by molar-refractivity contribution is 0.00578. The maximum Gasteiger partial charge on any atom is 0.494 e. The van der Waals surface area contributed by atoms with Gasteiger partial charge in [-0.3, -0.25) is 4.79 Å². The topological polar surface area (TPSA) is 48.0 Å². The van der Waals surface area contributed by atoms with Gasteiger partial charge in [0.15, 0.2) is 0 Å². The lowest BCUT2D eigenvalue weighted by Crippen LogP contribution is -2.41. The number of amides is 1. The highest BCUT2D eigenvalue weighted by molar-refractivity contribution is 6.62. The fourth-order valence-corrected chi connectivity index (χ4v) is 2.67. The molecule has 132 valence electrons. The van der Waals surface area contributed by atoms with Gasteiger partial charge in [0.2, 0.25) is 0 Å². The van der Waals surface area contributed by atoms with E-state index in [-0.39, 0.29) is 5.91 Å². The summed E-state index contributed by atoms with van der Waals surface area (Å²) in [4.78, 5) is 14.5. The van der Waals surface area contributed by atoms with Crippen LogP contribution in [0.5, 0.6) is 5.75 Å². The Hall–Kier alpha value is -1.53. The number of benzene rings is 1. The average Bonchev–Trinajstić information content (AvgIpc) is 2.76. The third kappa shape index (κ3) is 3.45. The van der Waals surface area contributed by atoms with E-state index in [0.29, 0.717) is 24.4 Å². The zero-order chi connectivity index (χ0) is 18.1. The molecule has 0 saturated carbocycles. The molecule has 0 spiro atoms. The molecule has 0 aliphatic carbocycles. The fourth-order valence-electron chi connectivity index (χ4n) is 2.67. The number of rotatable bonds is 5. The first-order valence-corrected chi connectivity index (χ1v) is 8.49. The molecule has 1 aromatic carbocycles. The van der Waals surface area contributed by atoms with Crippen LogP contribution < -0.4 is 10.2 Å². The standard InChI is InChI=1S/C18H28BNO4/c1-8-20(9-2)16(21)13-10-14(12-15(11-13)22-7)19-23-17(3,4)18(5,6)24-19/h10-12H,8-9H2,1-7H3. The summed E-state index contributed by atoms with van der Waals surface area (Å²) in [7, 11) is 1.07. The van der Waals surface area contributed by atoms with Crippen LogP contribution in [0.4, 0.5) is 0 Å². The van der Waals surface area contributed by atoms with Crippen LogP contribution in [-0.2, 0) is 9.31 Å². The SMILES string of the molecule is CCN(CC)C(=O)c1cc(OC)cc(B2OC(C)(C)C(C)(C)O2)c1. The first-order valence-electron chi connectivity index (χ1n) is 8.49. The van der Waals surface area contributed by atoms with E-state index in [1.807, 2.05) is 53.7 Å². The van der Waals surface area contributed by atoms with Gasteiger partial charge in [0, 0.05) is 18.7 Å². The fraction of sp³-hybridized carbons (Fsp3) is 0.611. The molecule has 0 N–H and O–H groups in total. The number of carbonyl (C=O) groups excluding carboxylic acids is 1. The quantitative estimate of drug-likeness (QED) is 0.777. The molecule has 1 aliphatic rings. The lowest BCUT2D eigenvalue weighted by atomic mass is 9.78. The summed E-state index contributed by atoms with van der Waals surface area (Å²) in [6.45, 7) is 13.3. The summed E-state index contributed by atoms with van der Waals surface area (Å²) < 4.78 is 17.6. The molecule has 1 amide bonds. The van der Waals surface area contributed by atoms with E-state index in [1.54, 1.807) is 18.1 Å². The second kappa shape index (κ2) is 6.77. The van der Waals surface area contributed by atoms with Gasteiger partial charge in [-0.05, 0) is 65.2 Å². The molecule has 1 aliphatic heterocycles. The zero-order valence-corrected chi connectivity index (χ0v) is 15.8. The van der Waals surface area contributed by atoms with Crippen molar-refractivity contribution in [3.05, 3.63) is 23.8 Å². The summed E-state index contributed by atoms with van der Waals surface area (Å²) in [6, 6.07) is 5.46. The van der Waals surface area contributed by atoms with Crippen molar-refractivity contribution >= 4 is 18.5 Å². The molecule has 1 saturated heterocycles. The molecule has 0 radical (unpaired) electrons.